The first-order valence-electron chi connectivity index (χ1n) is 6.73. The zero-order valence-corrected chi connectivity index (χ0v) is 15.6. The lowest BCUT2D eigenvalue weighted by atomic mass is 10.1. The van der Waals surface area contributed by atoms with Crippen molar-refractivity contribution >= 4 is 43.2 Å². The number of hydrogen-bond acceptors (Lipinski definition) is 4. The molecule has 21 heavy (non-hydrogen) atoms. The lowest BCUT2D eigenvalue weighted by molar-refractivity contribution is -0.128. The SMILES string of the molecule is CC(=O)N(CCNS(=O)(=O)c1ccc(Br)s1)CCC(C)C. The van der Waals surface area contributed by atoms with Gasteiger partial charge in [-0.25, -0.2) is 13.1 Å². The van der Waals surface area contributed by atoms with Crippen molar-refractivity contribution in [3.63, 3.8) is 0 Å². The molecule has 1 amide bonds. The average molecular weight is 397 g/mol. The van der Waals surface area contributed by atoms with Gasteiger partial charge in [0.1, 0.15) is 4.21 Å². The average Bonchev–Trinajstić information content (AvgIpc) is 2.80. The van der Waals surface area contributed by atoms with Crippen molar-refractivity contribution in [3.8, 4) is 0 Å². The molecule has 0 aliphatic heterocycles. The highest BCUT2D eigenvalue weighted by atomic mass is 79.9. The van der Waals surface area contributed by atoms with Crippen molar-refractivity contribution in [2.24, 2.45) is 5.92 Å². The molecule has 0 aliphatic rings. The largest absolute Gasteiger partial charge is 0.342 e. The fraction of sp³-hybridized carbons (Fsp3) is 0.615. The van der Waals surface area contributed by atoms with Crippen molar-refractivity contribution in [1.82, 2.24) is 9.62 Å². The summed E-state index contributed by atoms with van der Waals surface area (Å²) in [5.41, 5.74) is 0. The van der Waals surface area contributed by atoms with Gasteiger partial charge in [-0.15, -0.1) is 11.3 Å². The number of carbonyl (C=O) groups excluding carboxylic acids is 1. The second kappa shape index (κ2) is 8.26. The van der Waals surface area contributed by atoms with E-state index in [0.29, 0.717) is 19.0 Å². The maximum absolute atomic E-state index is 12.0. The number of nitrogens with one attached hydrogen (secondary N) is 1. The van der Waals surface area contributed by atoms with Gasteiger partial charge >= 0.3 is 0 Å². The maximum Gasteiger partial charge on any atom is 0.250 e. The van der Waals surface area contributed by atoms with E-state index in [1.165, 1.54) is 6.92 Å². The minimum atomic E-state index is -3.49. The van der Waals surface area contributed by atoms with Crippen LogP contribution in [-0.2, 0) is 14.8 Å². The number of sulfonamides is 1. The summed E-state index contributed by atoms with van der Waals surface area (Å²) in [5, 5.41) is 0. The number of halogens is 1. The minimum absolute atomic E-state index is 0.0336. The van der Waals surface area contributed by atoms with Crippen molar-refractivity contribution in [3.05, 3.63) is 15.9 Å². The van der Waals surface area contributed by atoms with E-state index in [2.05, 4.69) is 34.5 Å². The third-order valence-corrected chi connectivity index (χ3v) is 6.49. The maximum atomic E-state index is 12.0. The molecule has 0 fully saturated rings. The number of carbonyl (C=O) groups is 1. The summed E-state index contributed by atoms with van der Waals surface area (Å²) in [5.74, 6) is 0.473. The summed E-state index contributed by atoms with van der Waals surface area (Å²) in [4.78, 5) is 13.2. The molecule has 0 bridgehead atoms. The topological polar surface area (TPSA) is 66.5 Å². The summed E-state index contributed by atoms with van der Waals surface area (Å²) in [7, 11) is -3.49. The molecule has 0 spiro atoms. The highest BCUT2D eigenvalue weighted by Gasteiger charge is 2.17. The van der Waals surface area contributed by atoms with Crippen molar-refractivity contribution in [2.45, 2.75) is 31.4 Å². The van der Waals surface area contributed by atoms with E-state index in [9.17, 15) is 13.2 Å². The molecule has 0 atom stereocenters. The van der Waals surface area contributed by atoms with Crippen molar-refractivity contribution in [2.75, 3.05) is 19.6 Å². The van der Waals surface area contributed by atoms with E-state index in [1.54, 1.807) is 17.0 Å². The van der Waals surface area contributed by atoms with Gasteiger partial charge in [-0.1, -0.05) is 13.8 Å². The third-order valence-electron chi connectivity index (χ3n) is 2.91. The zero-order valence-electron chi connectivity index (χ0n) is 12.4. The lowest BCUT2D eigenvalue weighted by Crippen LogP contribution is -2.38. The molecule has 1 N–H and O–H groups in total. The molecule has 0 saturated heterocycles. The van der Waals surface area contributed by atoms with Crippen LogP contribution in [0.5, 0.6) is 0 Å². The Labute approximate surface area is 138 Å². The van der Waals surface area contributed by atoms with Crippen LogP contribution in [0.3, 0.4) is 0 Å². The van der Waals surface area contributed by atoms with Crippen LogP contribution in [0, 0.1) is 5.92 Å². The predicted molar refractivity (Wildman–Crippen MR) is 88.9 cm³/mol. The third kappa shape index (κ3) is 6.46. The first kappa shape index (κ1) is 18.6. The standard InChI is InChI=1S/C13H21BrN2O3S2/c1-10(2)6-8-16(11(3)17)9-7-15-21(18,19)13-5-4-12(14)20-13/h4-5,10,15H,6-9H2,1-3H3. The summed E-state index contributed by atoms with van der Waals surface area (Å²) in [6.07, 6.45) is 0.907. The van der Waals surface area contributed by atoms with Gasteiger partial charge in [-0.05, 0) is 40.4 Å². The van der Waals surface area contributed by atoms with E-state index in [4.69, 9.17) is 0 Å². The van der Waals surface area contributed by atoms with Gasteiger partial charge in [0.25, 0.3) is 0 Å². The van der Waals surface area contributed by atoms with Gasteiger partial charge in [-0.3, -0.25) is 4.79 Å². The smallest absolute Gasteiger partial charge is 0.250 e. The Bertz CT molecular complexity index is 570. The van der Waals surface area contributed by atoms with Crippen LogP contribution in [0.25, 0.3) is 0 Å². The normalized spacial score (nSPS) is 11.9. The lowest BCUT2D eigenvalue weighted by Gasteiger charge is -2.22. The molecule has 1 rings (SSSR count). The summed E-state index contributed by atoms with van der Waals surface area (Å²) in [6.45, 7) is 6.94. The molecular weight excluding hydrogens is 376 g/mol. The van der Waals surface area contributed by atoms with Crippen molar-refractivity contribution in [1.29, 1.82) is 0 Å². The fourth-order valence-electron chi connectivity index (χ4n) is 1.67. The molecule has 1 aromatic rings. The van der Waals surface area contributed by atoms with Gasteiger partial charge in [0.2, 0.25) is 15.9 Å². The number of nitrogens with zero attached hydrogens (tertiary/aromatic N) is 1. The van der Waals surface area contributed by atoms with Gasteiger partial charge in [-0.2, -0.15) is 0 Å². The minimum Gasteiger partial charge on any atom is -0.342 e. The van der Waals surface area contributed by atoms with Crippen LogP contribution in [0.1, 0.15) is 27.2 Å². The van der Waals surface area contributed by atoms with Crippen LogP contribution >= 0.6 is 27.3 Å². The number of amides is 1. The van der Waals surface area contributed by atoms with E-state index < -0.39 is 10.0 Å². The first-order valence-corrected chi connectivity index (χ1v) is 9.82. The number of hydrogen-bond donors (Lipinski definition) is 1. The van der Waals surface area contributed by atoms with Crippen molar-refractivity contribution < 1.29 is 13.2 Å². The van der Waals surface area contributed by atoms with E-state index >= 15 is 0 Å². The van der Waals surface area contributed by atoms with Crippen LogP contribution in [0.15, 0.2) is 20.1 Å². The van der Waals surface area contributed by atoms with E-state index in [0.717, 1.165) is 21.5 Å². The molecule has 0 aromatic carbocycles. The highest BCUT2D eigenvalue weighted by Crippen LogP contribution is 2.25. The molecule has 0 unspecified atom stereocenters. The Balaban J connectivity index is 2.51. The molecular formula is C13H21BrN2O3S2. The van der Waals surface area contributed by atoms with Gasteiger partial charge in [0, 0.05) is 26.6 Å². The molecule has 120 valence electrons. The van der Waals surface area contributed by atoms with E-state index in [1.807, 2.05) is 0 Å². The second-order valence-corrected chi connectivity index (χ2v) is 9.60. The number of rotatable bonds is 8. The van der Waals surface area contributed by atoms with E-state index in [-0.39, 0.29) is 16.7 Å². The van der Waals surface area contributed by atoms with Crippen LogP contribution < -0.4 is 4.72 Å². The Kier molecular flexibility index (Phi) is 7.32. The first-order chi connectivity index (χ1) is 9.72. The highest BCUT2D eigenvalue weighted by molar-refractivity contribution is 9.11. The van der Waals surface area contributed by atoms with Gasteiger partial charge in [0.05, 0.1) is 3.79 Å². The molecule has 0 saturated carbocycles. The molecule has 8 heteroatoms. The summed E-state index contributed by atoms with van der Waals surface area (Å²) >= 11 is 4.40. The molecule has 0 radical (unpaired) electrons. The monoisotopic (exact) mass is 396 g/mol. The summed E-state index contributed by atoms with van der Waals surface area (Å²) in [6, 6.07) is 3.25. The molecule has 1 heterocycles. The quantitative estimate of drug-likeness (QED) is 0.734. The van der Waals surface area contributed by atoms with Crippen LogP contribution in [0.4, 0.5) is 0 Å². The fourth-order valence-corrected chi connectivity index (χ4v) is 4.74. The Hall–Kier alpha value is -0.440. The molecule has 5 nitrogen and oxygen atoms in total. The zero-order chi connectivity index (χ0) is 16.0. The van der Waals surface area contributed by atoms with Gasteiger partial charge in [0.15, 0.2) is 0 Å². The summed E-state index contributed by atoms with van der Waals surface area (Å²) < 4.78 is 27.6. The van der Waals surface area contributed by atoms with Crippen LogP contribution in [-0.4, -0.2) is 38.9 Å². The Morgan fingerprint density at radius 3 is 2.52 bits per heavy atom. The van der Waals surface area contributed by atoms with Crippen LogP contribution in [0.2, 0.25) is 0 Å². The molecule has 1 aromatic heterocycles. The molecule has 0 aliphatic carbocycles. The number of thiophene rings is 1. The Morgan fingerprint density at radius 2 is 2.05 bits per heavy atom. The second-order valence-electron chi connectivity index (χ2n) is 5.14. The predicted octanol–water partition coefficient (Wildman–Crippen LogP) is 2.68. The van der Waals surface area contributed by atoms with Gasteiger partial charge < -0.3 is 4.90 Å². The Morgan fingerprint density at radius 1 is 1.38 bits per heavy atom.